The smallest absolute Gasteiger partial charge is 0.320 e. The van der Waals surface area contributed by atoms with E-state index in [1.54, 1.807) is 0 Å². The number of hydrogen-bond acceptors (Lipinski definition) is 3. The topological polar surface area (TPSA) is 66.6 Å². The first kappa shape index (κ1) is 12.9. The predicted molar refractivity (Wildman–Crippen MR) is 71.1 cm³/mol. The Balaban J connectivity index is 2.12. The molecule has 1 aliphatic heterocycles. The van der Waals surface area contributed by atoms with E-state index in [1.807, 2.05) is 23.1 Å². The highest BCUT2D eigenvalue weighted by atomic mass is 16.4. The van der Waals surface area contributed by atoms with Crippen molar-refractivity contribution in [3.05, 3.63) is 29.3 Å². The zero-order valence-corrected chi connectivity index (χ0v) is 10.7. The first-order chi connectivity index (χ1) is 8.63. The summed E-state index contributed by atoms with van der Waals surface area (Å²) in [5, 5.41) is 9.34. The predicted octanol–water partition coefficient (Wildman–Crippen LogP) is 2.23. The molecule has 1 unspecified atom stereocenters. The van der Waals surface area contributed by atoms with Gasteiger partial charge in [0, 0.05) is 18.8 Å². The highest BCUT2D eigenvalue weighted by Crippen LogP contribution is 2.30. The fourth-order valence-electron chi connectivity index (χ4n) is 2.55. The van der Waals surface area contributed by atoms with E-state index in [1.165, 1.54) is 0 Å². The first-order valence-corrected chi connectivity index (χ1v) is 6.46. The highest BCUT2D eigenvalue weighted by Gasteiger charge is 2.30. The Hall–Kier alpha value is -1.55. The number of hydrogen-bond donors (Lipinski definition) is 2. The van der Waals surface area contributed by atoms with Crippen molar-refractivity contribution in [2.24, 2.45) is 0 Å². The molecule has 0 spiro atoms. The van der Waals surface area contributed by atoms with Crippen molar-refractivity contribution in [3.8, 4) is 0 Å². The van der Waals surface area contributed by atoms with Gasteiger partial charge in [-0.2, -0.15) is 0 Å². The number of unbranched alkanes of at least 4 members (excludes halogenated alkanes) is 1. The average Bonchev–Trinajstić information content (AvgIpc) is 2.74. The standard InChI is InChI=1S/C14H20N2O2/c1-2-3-7-13(14(17)18)16-8-10-5-4-6-12(15)11(10)9-16/h4-6,13H,2-3,7-9,15H2,1H3,(H,17,18). The van der Waals surface area contributed by atoms with Crippen LogP contribution in [0.4, 0.5) is 5.69 Å². The number of nitrogen functional groups attached to an aromatic ring is 1. The first-order valence-electron chi connectivity index (χ1n) is 6.46. The van der Waals surface area contributed by atoms with Gasteiger partial charge in [0.1, 0.15) is 6.04 Å². The van der Waals surface area contributed by atoms with Gasteiger partial charge < -0.3 is 10.8 Å². The van der Waals surface area contributed by atoms with E-state index in [2.05, 4.69) is 6.92 Å². The molecule has 0 fully saturated rings. The lowest BCUT2D eigenvalue weighted by molar-refractivity contribution is -0.143. The Bertz CT molecular complexity index is 445. The molecule has 0 saturated heterocycles. The number of carboxylic acids is 1. The van der Waals surface area contributed by atoms with E-state index in [4.69, 9.17) is 5.73 Å². The van der Waals surface area contributed by atoms with Crippen LogP contribution in [0.3, 0.4) is 0 Å². The summed E-state index contributed by atoms with van der Waals surface area (Å²) >= 11 is 0. The minimum Gasteiger partial charge on any atom is -0.480 e. The zero-order chi connectivity index (χ0) is 13.1. The molecule has 3 N–H and O–H groups in total. The number of nitrogens with zero attached hydrogens (tertiary/aromatic N) is 1. The lowest BCUT2D eigenvalue weighted by Gasteiger charge is -2.23. The molecule has 1 aromatic carbocycles. The van der Waals surface area contributed by atoms with Crippen LogP contribution >= 0.6 is 0 Å². The summed E-state index contributed by atoms with van der Waals surface area (Å²) in [6.07, 6.45) is 2.67. The van der Waals surface area contributed by atoms with E-state index in [-0.39, 0.29) is 0 Å². The van der Waals surface area contributed by atoms with Crippen LogP contribution in [0.15, 0.2) is 18.2 Å². The van der Waals surface area contributed by atoms with Crippen LogP contribution < -0.4 is 5.73 Å². The second kappa shape index (κ2) is 5.40. The molecule has 4 heteroatoms. The van der Waals surface area contributed by atoms with E-state index >= 15 is 0 Å². The number of carboxylic acid groups (broad SMARTS) is 1. The Labute approximate surface area is 107 Å². The van der Waals surface area contributed by atoms with Crippen molar-refractivity contribution in [3.63, 3.8) is 0 Å². The Morgan fingerprint density at radius 3 is 2.89 bits per heavy atom. The van der Waals surface area contributed by atoms with Crippen LogP contribution in [0, 0.1) is 0 Å². The molecule has 0 amide bonds. The van der Waals surface area contributed by atoms with Crippen molar-refractivity contribution >= 4 is 11.7 Å². The van der Waals surface area contributed by atoms with Crippen LogP contribution in [0.25, 0.3) is 0 Å². The summed E-state index contributed by atoms with van der Waals surface area (Å²) in [6, 6.07) is 5.45. The third-order valence-electron chi connectivity index (χ3n) is 3.60. The van der Waals surface area contributed by atoms with Gasteiger partial charge in [-0.15, -0.1) is 0 Å². The maximum absolute atomic E-state index is 11.4. The molecule has 4 nitrogen and oxygen atoms in total. The fourth-order valence-corrected chi connectivity index (χ4v) is 2.55. The second-order valence-corrected chi connectivity index (χ2v) is 4.89. The largest absolute Gasteiger partial charge is 0.480 e. The summed E-state index contributed by atoms with van der Waals surface area (Å²) in [5.74, 6) is -0.727. The second-order valence-electron chi connectivity index (χ2n) is 4.89. The van der Waals surface area contributed by atoms with Gasteiger partial charge in [0.25, 0.3) is 0 Å². The Morgan fingerprint density at radius 1 is 1.50 bits per heavy atom. The number of rotatable bonds is 5. The van der Waals surface area contributed by atoms with Crippen molar-refractivity contribution in [1.82, 2.24) is 4.90 Å². The summed E-state index contributed by atoms with van der Waals surface area (Å²) in [6.45, 7) is 3.43. The number of fused-ring (bicyclic) bond motifs is 1. The van der Waals surface area contributed by atoms with Gasteiger partial charge in [0.2, 0.25) is 0 Å². The van der Waals surface area contributed by atoms with Gasteiger partial charge in [-0.1, -0.05) is 31.9 Å². The summed E-state index contributed by atoms with van der Waals surface area (Å²) < 4.78 is 0. The van der Waals surface area contributed by atoms with E-state index < -0.39 is 12.0 Å². The summed E-state index contributed by atoms with van der Waals surface area (Å²) in [4.78, 5) is 13.4. The molecule has 0 saturated carbocycles. The maximum Gasteiger partial charge on any atom is 0.320 e. The van der Waals surface area contributed by atoms with Crippen LogP contribution in [-0.2, 0) is 17.9 Å². The SMILES string of the molecule is CCCCC(C(=O)O)N1Cc2cccc(N)c2C1. The third-order valence-corrected chi connectivity index (χ3v) is 3.60. The lowest BCUT2D eigenvalue weighted by Crippen LogP contribution is -2.37. The van der Waals surface area contributed by atoms with Crippen LogP contribution in [0.2, 0.25) is 0 Å². The van der Waals surface area contributed by atoms with E-state index in [9.17, 15) is 9.90 Å². The quantitative estimate of drug-likeness (QED) is 0.784. The molecular formula is C14H20N2O2. The molecule has 18 heavy (non-hydrogen) atoms. The Kier molecular flexibility index (Phi) is 3.87. The molecule has 1 aliphatic rings. The number of anilines is 1. The minimum absolute atomic E-state index is 0.392. The molecule has 98 valence electrons. The highest BCUT2D eigenvalue weighted by molar-refractivity contribution is 5.73. The molecule has 2 rings (SSSR count). The molecule has 1 atom stereocenters. The molecule has 0 bridgehead atoms. The summed E-state index contributed by atoms with van der Waals surface area (Å²) in [5.41, 5.74) is 8.97. The Morgan fingerprint density at radius 2 is 2.28 bits per heavy atom. The van der Waals surface area contributed by atoms with Crippen LogP contribution in [0.5, 0.6) is 0 Å². The fraction of sp³-hybridized carbons (Fsp3) is 0.500. The van der Waals surface area contributed by atoms with Crippen LogP contribution in [-0.4, -0.2) is 22.0 Å². The van der Waals surface area contributed by atoms with E-state index in [0.29, 0.717) is 19.5 Å². The molecule has 0 radical (unpaired) electrons. The molecule has 0 aromatic heterocycles. The number of aliphatic carboxylic acids is 1. The van der Waals surface area contributed by atoms with Gasteiger partial charge >= 0.3 is 5.97 Å². The molecule has 1 aromatic rings. The van der Waals surface area contributed by atoms with Crippen molar-refractivity contribution in [2.45, 2.75) is 45.3 Å². The van der Waals surface area contributed by atoms with Gasteiger partial charge in [-0.25, -0.2) is 0 Å². The van der Waals surface area contributed by atoms with Crippen LogP contribution in [0.1, 0.15) is 37.3 Å². The molecule has 0 aliphatic carbocycles. The normalized spacial score (nSPS) is 16.5. The van der Waals surface area contributed by atoms with Gasteiger partial charge in [-0.05, 0) is 23.6 Å². The minimum atomic E-state index is -0.727. The van der Waals surface area contributed by atoms with Gasteiger partial charge in [-0.3, -0.25) is 9.69 Å². The van der Waals surface area contributed by atoms with Gasteiger partial charge in [0.05, 0.1) is 0 Å². The zero-order valence-electron chi connectivity index (χ0n) is 10.7. The van der Waals surface area contributed by atoms with Crippen molar-refractivity contribution in [2.75, 3.05) is 5.73 Å². The maximum atomic E-state index is 11.4. The van der Waals surface area contributed by atoms with Gasteiger partial charge in [0.15, 0.2) is 0 Å². The number of carbonyl (C=O) groups is 1. The van der Waals surface area contributed by atoms with Crippen molar-refractivity contribution < 1.29 is 9.90 Å². The number of benzene rings is 1. The van der Waals surface area contributed by atoms with E-state index in [0.717, 1.165) is 29.7 Å². The number of nitrogens with two attached hydrogens (primary N) is 1. The molecule has 1 heterocycles. The summed E-state index contributed by atoms with van der Waals surface area (Å²) in [7, 11) is 0. The third kappa shape index (κ3) is 2.48. The monoisotopic (exact) mass is 248 g/mol. The van der Waals surface area contributed by atoms with Crippen molar-refractivity contribution in [1.29, 1.82) is 0 Å². The molecular weight excluding hydrogens is 228 g/mol. The lowest BCUT2D eigenvalue weighted by atomic mass is 10.1. The average molecular weight is 248 g/mol.